The second-order valence-electron chi connectivity index (χ2n) is 7.60. The lowest BCUT2D eigenvalue weighted by molar-refractivity contribution is -0.154. The molecule has 0 radical (unpaired) electrons. The van der Waals surface area contributed by atoms with Gasteiger partial charge < -0.3 is 10.1 Å². The van der Waals surface area contributed by atoms with E-state index in [0.717, 1.165) is 4.90 Å². The molecule has 0 spiro atoms. The van der Waals surface area contributed by atoms with E-state index in [9.17, 15) is 19.2 Å². The van der Waals surface area contributed by atoms with Crippen LogP contribution in [0.4, 0.5) is 5.69 Å². The Kier molecular flexibility index (Phi) is 5.92. The molecule has 1 heterocycles. The van der Waals surface area contributed by atoms with Crippen LogP contribution in [0.15, 0.2) is 18.2 Å². The predicted octanol–water partition coefficient (Wildman–Crippen LogP) is 2.94. The summed E-state index contributed by atoms with van der Waals surface area (Å²) >= 11 is 24.4. The molecule has 6 atom stereocenters. The molecule has 7 nitrogen and oxygen atoms in total. The first-order valence-corrected chi connectivity index (χ1v) is 10.9. The summed E-state index contributed by atoms with van der Waals surface area (Å²) in [4.78, 5) is 50.5. The third-order valence-corrected chi connectivity index (χ3v) is 7.82. The molecule has 0 aromatic heterocycles. The molecule has 11 heteroatoms. The van der Waals surface area contributed by atoms with Gasteiger partial charge in [-0.2, -0.15) is 0 Å². The first-order valence-electron chi connectivity index (χ1n) is 9.23. The van der Waals surface area contributed by atoms with Gasteiger partial charge in [0.15, 0.2) is 6.61 Å². The Morgan fingerprint density at radius 3 is 2.27 bits per heavy atom. The summed E-state index contributed by atoms with van der Waals surface area (Å²) in [6.45, 7) is -1.17. The molecule has 1 aromatic rings. The van der Waals surface area contributed by atoms with Crippen molar-refractivity contribution in [3.63, 3.8) is 0 Å². The minimum absolute atomic E-state index is 0.171. The van der Waals surface area contributed by atoms with E-state index in [4.69, 9.17) is 51.1 Å². The monoisotopic (exact) mass is 492 g/mol. The number of fused-ring (bicyclic) bond motifs is 5. The molecule has 30 heavy (non-hydrogen) atoms. The van der Waals surface area contributed by atoms with Crippen LogP contribution in [0.25, 0.3) is 0 Å². The third kappa shape index (κ3) is 3.66. The lowest BCUT2D eigenvalue weighted by Crippen LogP contribution is -2.38. The van der Waals surface area contributed by atoms with E-state index < -0.39 is 48.7 Å². The third-order valence-electron chi connectivity index (χ3n) is 5.93. The Morgan fingerprint density at radius 2 is 1.67 bits per heavy atom. The van der Waals surface area contributed by atoms with Crippen molar-refractivity contribution in [3.05, 3.63) is 28.2 Å². The summed E-state index contributed by atoms with van der Waals surface area (Å²) in [5.74, 6) is -3.80. The standard InChI is InChI=1S/C19H16Cl4N2O5/c20-7-1-2-10(21)11(3-7)24-12(26)6-30-13(27)5-25-18(28)14-8-4-9(15(14)19(25)29)17(23)16(8)22/h1-3,8-9,14-17H,4-6H2,(H,24,26)/t8-,9-,14-,15-,16-,17+/m1/s1. The minimum Gasteiger partial charge on any atom is -0.454 e. The average Bonchev–Trinajstić information content (AvgIpc) is 3.30. The maximum atomic E-state index is 12.7. The maximum absolute atomic E-state index is 12.7. The van der Waals surface area contributed by atoms with Gasteiger partial charge in [-0.05, 0) is 36.5 Å². The van der Waals surface area contributed by atoms with Crippen molar-refractivity contribution >= 4 is 75.8 Å². The largest absolute Gasteiger partial charge is 0.454 e. The number of rotatable bonds is 5. The fourth-order valence-corrected chi connectivity index (χ4v) is 5.90. The van der Waals surface area contributed by atoms with Crippen LogP contribution in [0, 0.1) is 23.7 Å². The number of amides is 3. The van der Waals surface area contributed by atoms with Gasteiger partial charge in [-0.25, -0.2) is 0 Å². The smallest absolute Gasteiger partial charge is 0.326 e. The molecule has 3 fully saturated rings. The molecular weight excluding hydrogens is 478 g/mol. The zero-order valence-electron chi connectivity index (χ0n) is 15.3. The average molecular weight is 494 g/mol. The highest BCUT2D eigenvalue weighted by molar-refractivity contribution is 6.35. The summed E-state index contributed by atoms with van der Waals surface area (Å²) in [5.41, 5.74) is 0.268. The molecule has 3 aliphatic rings. The van der Waals surface area contributed by atoms with Crippen LogP contribution in [0.2, 0.25) is 10.0 Å². The zero-order chi connectivity index (χ0) is 21.7. The quantitative estimate of drug-likeness (QED) is 0.386. The summed E-state index contributed by atoms with van der Waals surface area (Å²) in [7, 11) is 0. The van der Waals surface area contributed by atoms with E-state index in [-0.39, 0.29) is 33.3 Å². The summed E-state index contributed by atoms with van der Waals surface area (Å²) in [6.07, 6.45) is 0.639. The Hall–Kier alpha value is -1.54. The van der Waals surface area contributed by atoms with Gasteiger partial charge in [0.25, 0.3) is 5.91 Å². The number of imide groups is 1. The van der Waals surface area contributed by atoms with Crippen LogP contribution in [-0.2, 0) is 23.9 Å². The number of esters is 1. The van der Waals surface area contributed by atoms with Gasteiger partial charge in [-0.15, -0.1) is 23.2 Å². The summed E-state index contributed by atoms with van der Waals surface area (Å²) < 4.78 is 4.91. The van der Waals surface area contributed by atoms with Crippen LogP contribution < -0.4 is 5.32 Å². The lowest BCUT2D eigenvalue weighted by Gasteiger charge is -2.28. The Morgan fingerprint density at radius 1 is 1.07 bits per heavy atom. The number of ether oxygens (including phenoxy) is 1. The molecule has 2 bridgehead atoms. The Labute approximate surface area is 191 Å². The van der Waals surface area contributed by atoms with Gasteiger partial charge in [0.2, 0.25) is 11.8 Å². The molecule has 4 rings (SSSR count). The first kappa shape index (κ1) is 21.7. The van der Waals surface area contributed by atoms with Gasteiger partial charge in [0.05, 0.1) is 33.3 Å². The fourth-order valence-electron chi connectivity index (χ4n) is 4.67. The van der Waals surface area contributed by atoms with Crippen LogP contribution >= 0.6 is 46.4 Å². The number of benzene rings is 1. The summed E-state index contributed by atoms with van der Waals surface area (Å²) in [5, 5.41) is 2.37. The Balaban J connectivity index is 1.32. The molecule has 0 unspecified atom stereocenters. The Bertz CT molecular complexity index is 909. The van der Waals surface area contributed by atoms with Crippen LogP contribution in [0.5, 0.6) is 0 Å². The van der Waals surface area contributed by atoms with Crippen molar-refractivity contribution in [2.45, 2.75) is 17.2 Å². The van der Waals surface area contributed by atoms with Gasteiger partial charge in [0, 0.05) is 5.02 Å². The minimum atomic E-state index is -0.874. The van der Waals surface area contributed by atoms with Crippen LogP contribution in [-0.4, -0.2) is 52.5 Å². The highest BCUT2D eigenvalue weighted by Crippen LogP contribution is 2.59. The number of anilines is 1. The van der Waals surface area contributed by atoms with Crippen molar-refractivity contribution < 1.29 is 23.9 Å². The van der Waals surface area contributed by atoms with Gasteiger partial charge in [-0.3, -0.25) is 24.1 Å². The molecule has 2 saturated carbocycles. The van der Waals surface area contributed by atoms with Crippen molar-refractivity contribution in [2.75, 3.05) is 18.5 Å². The SMILES string of the molecule is O=C(COC(=O)CN1C(=O)[C@@H]2[C@H]3C[C@@H]([C@@H](Cl)[C@H]3Cl)[C@H]2C1=O)Nc1cc(Cl)ccc1Cl. The first-order chi connectivity index (χ1) is 14.2. The number of nitrogens with one attached hydrogen (secondary N) is 1. The van der Waals surface area contributed by atoms with Gasteiger partial charge in [-0.1, -0.05) is 23.2 Å². The van der Waals surface area contributed by atoms with Gasteiger partial charge in [0.1, 0.15) is 6.54 Å². The molecular formula is C19H16Cl4N2O5. The number of halogens is 4. The molecule has 1 aromatic carbocycles. The van der Waals surface area contributed by atoms with Crippen molar-refractivity contribution in [2.24, 2.45) is 23.7 Å². The fraction of sp³-hybridized carbons (Fsp3) is 0.474. The van der Waals surface area contributed by atoms with E-state index >= 15 is 0 Å². The number of likely N-dealkylation sites (tertiary alicyclic amines) is 1. The van der Waals surface area contributed by atoms with Crippen LogP contribution in [0.3, 0.4) is 0 Å². The molecule has 1 saturated heterocycles. The predicted molar refractivity (Wildman–Crippen MR) is 111 cm³/mol. The lowest BCUT2D eigenvalue weighted by atomic mass is 9.80. The number of nitrogens with zero attached hydrogens (tertiary/aromatic N) is 1. The van der Waals surface area contributed by atoms with Gasteiger partial charge >= 0.3 is 5.97 Å². The number of alkyl halides is 2. The van der Waals surface area contributed by atoms with Crippen molar-refractivity contribution in [1.29, 1.82) is 0 Å². The topological polar surface area (TPSA) is 92.8 Å². The van der Waals surface area contributed by atoms with E-state index in [0.29, 0.717) is 11.4 Å². The van der Waals surface area contributed by atoms with E-state index in [1.807, 2.05) is 0 Å². The second kappa shape index (κ2) is 8.19. The molecule has 3 amide bonds. The second-order valence-corrected chi connectivity index (χ2v) is 9.45. The van der Waals surface area contributed by atoms with Crippen molar-refractivity contribution in [1.82, 2.24) is 4.90 Å². The highest BCUT2D eigenvalue weighted by atomic mass is 35.5. The molecule has 1 N–H and O–H groups in total. The summed E-state index contributed by atoms with van der Waals surface area (Å²) in [6, 6.07) is 4.52. The number of carbonyl (C=O) groups is 4. The number of hydrogen-bond donors (Lipinski definition) is 1. The van der Waals surface area contributed by atoms with Crippen LogP contribution in [0.1, 0.15) is 6.42 Å². The van der Waals surface area contributed by atoms with E-state index in [2.05, 4.69) is 5.32 Å². The molecule has 2 aliphatic carbocycles. The molecule has 160 valence electrons. The maximum Gasteiger partial charge on any atom is 0.326 e. The normalized spacial score (nSPS) is 31.8. The zero-order valence-corrected chi connectivity index (χ0v) is 18.3. The number of hydrogen-bond acceptors (Lipinski definition) is 5. The van der Waals surface area contributed by atoms with Crippen molar-refractivity contribution in [3.8, 4) is 0 Å². The highest BCUT2D eigenvalue weighted by Gasteiger charge is 2.66. The van der Waals surface area contributed by atoms with E-state index in [1.54, 1.807) is 6.07 Å². The number of carbonyl (C=O) groups excluding carboxylic acids is 4. The molecule has 1 aliphatic heterocycles. The van der Waals surface area contributed by atoms with E-state index in [1.165, 1.54) is 12.1 Å².